The predicted molar refractivity (Wildman–Crippen MR) is 52.4 cm³/mol. The van der Waals surface area contributed by atoms with E-state index < -0.39 is 0 Å². The molecule has 78 valence electrons. The summed E-state index contributed by atoms with van der Waals surface area (Å²) in [5, 5.41) is 0. The summed E-state index contributed by atoms with van der Waals surface area (Å²) in [4.78, 5) is 0. The molecule has 1 rings (SSSR count). The first-order valence-corrected chi connectivity index (χ1v) is 5.05. The third kappa shape index (κ3) is 3.25. The maximum atomic E-state index is 6.21. The Morgan fingerprint density at radius 2 is 1.77 bits per heavy atom. The molecule has 1 saturated carbocycles. The van der Waals surface area contributed by atoms with Gasteiger partial charge < -0.3 is 15.2 Å². The van der Waals surface area contributed by atoms with Crippen molar-refractivity contribution in [2.75, 3.05) is 14.2 Å². The zero-order valence-electron chi connectivity index (χ0n) is 8.71. The van der Waals surface area contributed by atoms with E-state index in [1.807, 2.05) is 0 Å². The number of rotatable bonds is 5. The van der Waals surface area contributed by atoms with Crippen molar-refractivity contribution < 1.29 is 9.47 Å². The second-order valence-electron chi connectivity index (χ2n) is 4.01. The molecule has 0 aliphatic heterocycles. The third-order valence-corrected chi connectivity index (χ3v) is 3.00. The lowest BCUT2D eigenvalue weighted by Crippen LogP contribution is -2.37. The summed E-state index contributed by atoms with van der Waals surface area (Å²) in [5.41, 5.74) is 6.27. The van der Waals surface area contributed by atoms with E-state index in [4.69, 9.17) is 15.2 Å². The molecule has 1 aliphatic rings. The highest BCUT2D eigenvalue weighted by Crippen LogP contribution is 2.31. The Hall–Kier alpha value is -0.120. The lowest BCUT2D eigenvalue weighted by molar-refractivity contribution is -0.109. The minimum atomic E-state index is -0.0824. The molecule has 0 aromatic rings. The van der Waals surface area contributed by atoms with Gasteiger partial charge in [0.2, 0.25) is 0 Å². The van der Waals surface area contributed by atoms with Crippen molar-refractivity contribution >= 4 is 0 Å². The SMILES string of the molecule is COC(CCC1(N)CCCC1)OC. The first-order chi connectivity index (χ1) is 6.20. The summed E-state index contributed by atoms with van der Waals surface area (Å²) >= 11 is 0. The van der Waals surface area contributed by atoms with Crippen molar-refractivity contribution in [3.05, 3.63) is 0 Å². The molecule has 3 nitrogen and oxygen atoms in total. The van der Waals surface area contributed by atoms with Crippen LogP contribution in [0.1, 0.15) is 38.5 Å². The van der Waals surface area contributed by atoms with Gasteiger partial charge in [0.15, 0.2) is 6.29 Å². The van der Waals surface area contributed by atoms with Crippen molar-refractivity contribution in [2.24, 2.45) is 5.73 Å². The fourth-order valence-electron chi connectivity index (χ4n) is 2.07. The molecule has 0 radical (unpaired) electrons. The molecule has 0 atom stereocenters. The van der Waals surface area contributed by atoms with Gasteiger partial charge in [-0.1, -0.05) is 12.8 Å². The van der Waals surface area contributed by atoms with Crippen LogP contribution in [0, 0.1) is 0 Å². The topological polar surface area (TPSA) is 44.5 Å². The van der Waals surface area contributed by atoms with Crippen molar-refractivity contribution in [1.29, 1.82) is 0 Å². The molecule has 2 N–H and O–H groups in total. The Kier molecular flexibility index (Phi) is 4.16. The summed E-state index contributed by atoms with van der Waals surface area (Å²) in [6.07, 6.45) is 6.71. The highest BCUT2D eigenvalue weighted by molar-refractivity contribution is 4.89. The zero-order chi connectivity index (χ0) is 9.73. The molecule has 3 heteroatoms. The number of nitrogens with two attached hydrogens (primary N) is 1. The molecule has 0 heterocycles. The molecule has 1 fully saturated rings. The van der Waals surface area contributed by atoms with Crippen LogP contribution in [0.4, 0.5) is 0 Å². The van der Waals surface area contributed by atoms with Gasteiger partial charge in [-0.15, -0.1) is 0 Å². The lowest BCUT2D eigenvalue weighted by Gasteiger charge is -2.25. The highest BCUT2D eigenvalue weighted by atomic mass is 16.7. The van der Waals surface area contributed by atoms with E-state index >= 15 is 0 Å². The smallest absolute Gasteiger partial charge is 0.156 e. The van der Waals surface area contributed by atoms with Crippen LogP contribution >= 0.6 is 0 Å². The third-order valence-electron chi connectivity index (χ3n) is 3.00. The van der Waals surface area contributed by atoms with Crippen LogP contribution in [-0.2, 0) is 9.47 Å². The fraction of sp³-hybridized carbons (Fsp3) is 1.00. The Balaban J connectivity index is 2.23. The summed E-state index contributed by atoms with van der Waals surface area (Å²) in [7, 11) is 3.35. The van der Waals surface area contributed by atoms with E-state index in [-0.39, 0.29) is 11.8 Å². The van der Waals surface area contributed by atoms with Crippen LogP contribution in [-0.4, -0.2) is 26.0 Å². The van der Waals surface area contributed by atoms with Gasteiger partial charge in [-0.2, -0.15) is 0 Å². The van der Waals surface area contributed by atoms with E-state index in [0.29, 0.717) is 0 Å². The Labute approximate surface area is 80.6 Å². The Bertz CT molecular complexity index is 140. The maximum Gasteiger partial charge on any atom is 0.156 e. The van der Waals surface area contributed by atoms with Gasteiger partial charge in [0.25, 0.3) is 0 Å². The summed E-state index contributed by atoms with van der Waals surface area (Å²) in [6.45, 7) is 0. The fourth-order valence-corrected chi connectivity index (χ4v) is 2.07. The zero-order valence-corrected chi connectivity index (χ0v) is 8.71. The summed E-state index contributed by atoms with van der Waals surface area (Å²) in [5.74, 6) is 0. The van der Waals surface area contributed by atoms with Gasteiger partial charge in [0, 0.05) is 26.2 Å². The molecule has 0 aromatic carbocycles. The second kappa shape index (κ2) is 4.94. The number of methoxy groups -OCH3 is 2. The standard InChI is InChI=1S/C10H21NO2/c1-12-9(13-2)5-8-10(11)6-3-4-7-10/h9H,3-8,11H2,1-2H3. The van der Waals surface area contributed by atoms with Gasteiger partial charge >= 0.3 is 0 Å². The molecule has 0 aromatic heterocycles. The Morgan fingerprint density at radius 1 is 1.23 bits per heavy atom. The van der Waals surface area contributed by atoms with E-state index in [1.54, 1.807) is 14.2 Å². The molecule has 0 amide bonds. The van der Waals surface area contributed by atoms with Crippen LogP contribution in [0.15, 0.2) is 0 Å². The minimum absolute atomic E-state index is 0.0648. The molecule has 0 unspecified atom stereocenters. The van der Waals surface area contributed by atoms with Crippen LogP contribution < -0.4 is 5.73 Å². The van der Waals surface area contributed by atoms with Gasteiger partial charge in [-0.3, -0.25) is 0 Å². The quantitative estimate of drug-likeness (QED) is 0.666. The molecular formula is C10H21NO2. The maximum absolute atomic E-state index is 6.21. The highest BCUT2D eigenvalue weighted by Gasteiger charge is 2.29. The molecule has 0 bridgehead atoms. The first kappa shape index (κ1) is 11.0. The summed E-state index contributed by atoms with van der Waals surface area (Å²) in [6, 6.07) is 0. The molecule has 13 heavy (non-hydrogen) atoms. The normalized spacial score (nSPS) is 21.2. The second-order valence-corrected chi connectivity index (χ2v) is 4.01. The van der Waals surface area contributed by atoms with Crippen molar-refractivity contribution in [2.45, 2.75) is 50.4 Å². The summed E-state index contributed by atoms with van der Waals surface area (Å²) < 4.78 is 10.3. The molecular weight excluding hydrogens is 166 g/mol. The van der Waals surface area contributed by atoms with Crippen molar-refractivity contribution in [3.63, 3.8) is 0 Å². The number of ether oxygens (including phenoxy) is 2. The van der Waals surface area contributed by atoms with Gasteiger partial charge in [-0.05, 0) is 19.3 Å². The molecule has 0 spiro atoms. The van der Waals surface area contributed by atoms with Crippen LogP contribution in [0.3, 0.4) is 0 Å². The van der Waals surface area contributed by atoms with E-state index in [2.05, 4.69) is 0 Å². The van der Waals surface area contributed by atoms with E-state index in [1.165, 1.54) is 12.8 Å². The molecule has 1 aliphatic carbocycles. The average molecular weight is 187 g/mol. The number of hydrogen-bond acceptors (Lipinski definition) is 3. The lowest BCUT2D eigenvalue weighted by atomic mass is 9.93. The Morgan fingerprint density at radius 3 is 2.23 bits per heavy atom. The van der Waals surface area contributed by atoms with Crippen LogP contribution in [0.25, 0.3) is 0 Å². The largest absolute Gasteiger partial charge is 0.356 e. The van der Waals surface area contributed by atoms with Crippen molar-refractivity contribution in [1.82, 2.24) is 0 Å². The molecule has 0 saturated heterocycles. The van der Waals surface area contributed by atoms with Crippen LogP contribution in [0.2, 0.25) is 0 Å². The first-order valence-electron chi connectivity index (χ1n) is 5.05. The van der Waals surface area contributed by atoms with E-state index in [9.17, 15) is 0 Å². The van der Waals surface area contributed by atoms with E-state index in [0.717, 1.165) is 25.7 Å². The monoisotopic (exact) mass is 187 g/mol. The average Bonchev–Trinajstić information content (AvgIpc) is 2.55. The van der Waals surface area contributed by atoms with Gasteiger partial charge in [-0.25, -0.2) is 0 Å². The number of hydrogen-bond donors (Lipinski definition) is 1. The van der Waals surface area contributed by atoms with Crippen LogP contribution in [0.5, 0.6) is 0 Å². The van der Waals surface area contributed by atoms with Gasteiger partial charge in [0.05, 0.1) is 0 Å². The van der Waals surface area contributed by atoms with Crippen molar-refractivity contribution in [3.8, 4) is 0 Å². The minimum Gasteiger partial charge on any atom is -0.356 e. The van der Waals surface area contributed by atoms with Gasteiger partial charge in [0.1, 0.15) is 0 Å². The predicted octanol–water partition coefficient (Wildman–Crippen LogP) is 1.66.